The smallest absolute Gasteiger partial charge is 0.242 e. The molecule has 1 N–H and O–H groups in total. The molecule has 2 rings (SSSR count). The van der Waals surface area contributed by atoms with E-state index in [1.807, 2.05) is 31.2 Å². The first-order valence-electron chi connectivity index (χ1n) is 10.0. The fourth-order valence-corrected chi connectivity index (χ4v) is 3.85. The zero-order valence-corrected chi connectivity index (χ0v) is 18.9. The predicted molar refractivity (Wildman–Crippen MR) is 122 cm³/mol. The van der Waals surface area contributed by atoms with Gasteiger partial charge in [0.1, 0.15) is 11.9 Å². The van der Waals surface area contributed by atoms with Crippen LogP contribution in [0.2, 0.25) is 5.02 Å². The lowest BCUT2D eigenvalue weighted by molar-refractivity contribution is -0.138. The maximum absolute atomic E-state index is 14.2. The molecule has 30 heavy (non-hydrogen) atoms. The van der Waals surface area contributed by atoms with Crippen LogP contribution in [0.25, 0.3) is 0 Å². The first kappa shape index (κ1) is 24.2. The Hall–Kier alpha value is -2.05. The van der Waals surface area contributed by atoms with Crippen LogP contribution < -0.4 is 5.32 Å². The van der Waals surface area contributed by atoms with Crippen molar-refractivity contribution >= 4 is 35.2 Å². The topological polar surface area (TPSA) is 49.4 Å². The number of thioether (sulfide) groups is 1. The molecule has 0 aromatic heterocycles. The van der Waals surface area contributed by atoms with Crippen molar-refractivity contribution < 1.29 is 14.0 Å². The molecule has 0 unspecified atom stereocenters. The highest BCUT2D eigenvalue weighted by atomic mass is 35.5. The zero-order valence-electron chi connectivity index (χ0n) is 17.4. The molecule has 0 aliphatic heterocycles. The van der Waals surface area contributed by atoms with Crippen LogP contribution in [0.4, 0.5) is 4.39 Å². The fraction of sp³-hybridized carbons (Fsp3) is 0.391. The predicted octanol–water partition coefficient (Wildman–Crippen LogP) is 5.05. The summed E-state index contributed by atoms with van der Waals surface area (Å²) in [5.74, 6) is 0.0332. The Balaban J connectivity index is 2.04. The fourth-order valence-electron chi connectivity index (χ4n) is 2.85. The van der Waals surface area contributed by atoms with Crippen LogP contribution in [0.1, 0.15) is 37.8 Å². The van der Waals surface area contributed by atoms with E-state index in [0.717, 1.165) is 18.4 Å². The Morgan fingerprint density at radius 2 is 1.87 bits per heavy atom. The molecule has 0 heterocycles. The van der Waals surface area contributed by atoms with Crippen LogP contribution in [-0.2, 0) is 21.9 Å². The summed E-state index contributed by atoms with van der Waals surface area (Å²) < 4.78 is 14.2. The Bertz CT molecular complexity index is 832. The van der Waals surface area contributed by atoms with Crippen LogP contribution in [0.3, 0.4) is 0 Å². The molecule has 0 bridgehead atoms. The lowest BCUT2D eigenvalue weighted by Gasteiger charge is -2.29. The highest BCUT2D eigenvalue weighted by Crippen LogP contribution is 2.18. The minimum absolute atomic E-state index is 0.0510. The van der Waals surface area contributed by atoms with E-state index in [1.165, 1.54) is 22.7 Å². The van der Waals surface area contributed by atoms with Crippen molar-refractivity contribution in [2.45, 2.75) is 45.0 Å². The van der Waals surface area contributed by atoms with Crippen LogP contribution in [0.15, 0.2) is 48.5 Å². The number of halogens is 2. The van der Waals surface area contributed by atoms with Gasteiger partial charge < -0.3 is 10.2 Å². The summed E-state index contributed by atoms with van der Waals surface area (Å²) in [4.78, 5) is 27.0. The summed E-state index contributed by atoms with van der Waals surface area (Å²) in [6, 6.07) is 13.1. The van der Waals surface area contributed by atoms with Crippen LogP contribution in [0.5, 0.6) is 0 Å². The molecule has 2 amide bonds. The number of unbranched alkanes of at least 4 members (excludes halogenated alkanes) is 1. The number of nitrogens with zero attached hydrogens (tertiary/aromatic N) is 1. The average Bonchev–Trinajstić information content (AvgIpc) is 2.74. The van der Waals surface area contributed by atoms with Gasteiger partial charge in [-0.3, -0.25) is 9.59 Å². The van der Waals surface area contributed by atoms with Gasteiger partial charge in [0.2, 0.25) is 11.8 Å². The molecule has 0 aliphatic rings. The SMILES string of the molecule is CCCCNC(=O)[C@@H](C)N(Cc1ccccc1F)C(=O)CSCc1ccc(Cl)cc1. The third-order valence-electron chi connectivity index (χ3n) is 4.70. The standard InChI is InChI=1S/C23H28ClFN2O2S/c1-3-4-13-26-23(29)17(2)27(14-19-7-5-6-8-21(19)25)22(28)16-30-15-18-9-11-20(24)12-10-18/h5-12,17H,3-4,13-16H2,1-2H3,(H,26,29)/t17-/m1/s1. The molecule has 4 nitrogen and oxygen atoms in total. The Morgan fingerprint density at radius 1 is 1.17 bits per heavy atom. The molecule has 1 atom stereocenters. The van der Waals surface area contributed by atoms with Gasteiger partial charge in [0.25, 0.3) is 0 Å². The van der Waals surface area contributed by atoms with Gasteiger partial charge >= 0.3 is 0 Å². The maximum Gasteiger partial charge on any atom is 0.242 e. The van der Waals surface area contributed by atoms with Crippen molar-refractivity contribution in [1.29, 1.82) is 0 Å². The largest absolute Gasteiger partial charge is 0.354 e. The molecule has 162 valence electrons. The van der Waals surface area contributed by atoms with E-state index >= 15 is 0 Å². The molecular weight excluding hydrogens is 423 g/mol. The number of nitrogens with one attached hydrogen (secondary N) is 1. The van der Waals surface area contributed by atoms with Crippen LogP contribution in [-0.4, -0.2) is 35.1 Å². The Morgan fingerprint density at radius 3 is 2.53 bits per heavy atom. The normalized spacial score (nSPS) is 11.7. The van der Waals surface area contributed by atoms with Gasteiger partial charge in [-0.2, -0.15) is 0 Å². The molecule has 0 saturated carbocycles. The average molecular weight is 451 g/mol. The van der Waals surface area contributed by atoms with Crippen LogP contribution in [0, 0.1) is 5.82 Å². The molecular formula is C23H28ClFN2O2S. The third-order valence-corrected chi connectivity index (χ3v) is 5.94. The number of amides is 2. The molecule has 2 aromatic rings. The summed E-state index contributed by atoms with van der Waals surface area (Å²) >= 11 is 7.36. The van der Waals surface area contributed by atoms with E-state index in [0.29, 0.717) is 22.9 Å². The lowest BCUT2D eigenvalue weighted by atomic mass is 10.1. The second kappa shape index (κ2) is 12.6. The van der Waals surface area contributed by atoms with E-state index in [1.54, 1.807) is 25.1 Å². The van der Waals surface area contributed by atoms with Gasteiger partial charge in [-0.15, -0.1) is 11.8 Å². The number of hydrogen-bond acceptors (Lipinski definition) is 3. The van der Waals surface area contributed by atoms with E-state index in [9.17, 15) is 14.0 Å². The third kappa shape index (κ3) is 7.65. The lowest BCUT2D eigenvalue weighted by Crippen LogP contribution is -2.48. The Kier molecular flexibility index (Phi) is 10.2. The highest BCUT2D eigenvalue weighted by molar-refractivity contribution is 7.99. The monoisotopic (exact) mass is 450 g/mol. The zero-order chi connectivity index (χ0) is 21.9. The van der Waals surface area contributed by atoms with Gasteiger partial charge in [-0.1, -0.05) is 55.3 Å². The molecule has 7 heteroatoms. The molecule has 0 radical (unpaired) electrons. The first-order valence-corrected chi connectivity index (χ1v) is 11.6. The van der Waals surface area contributed by atoms with Crippen molar-refractivity contribution in [1.82, 2.24) is 10.2 Å². The van der Waals surface area contributed by atoms with E-state index in [4.69, 9.17) is 11.6 Å². The van der Waals surface area contributed by atoms with Crippen molar-refractivity contribution in [3.05, 3.63) is 70.5 Å². The van der Waals surface area contributed by atoms with Gasteiger partial charge in [-0.05, 0) is 37.1 Å². The number of rotatable bonds is 11. The summed E-state index contributed by atoms with van der Waals surface area (Å²) in [5.41, 5.74) is 1.45. The first-order chi connectivity index (χ1) is 14.4. The second-order valence-corrected chi connectivity index (χ2v) is 8.47. The summed E-state index contributed by atoms with van der Waals surface area (Å²) in [5, 5.41) is 3.53. The maximum atomic E-state index is 14.2. The molecule has 2 aromatic carbocycles. The Labute approximate surface area is 187 Å². The number of benzene rings is 2. The number of carbonyl (C=O) groups excluding carboxylic acids is 2. The van der Waals surface area contributed by atoms with Crippen LogP contribution >= 0.6 is 23.4 Å². The molecule has 0 aliphatic carbocycles. The molecule has 0 fully saturated rings. The molecule has 0 saturated heterocycles. The summed E-state index contributed by atoms with van der Waals surface area (Å²) in [7, 11) is 0. The molecule has 0 spiro atoms. The second-order valence-electron chi connectivity index (χ2n) is 7.05. The quantitative estimate of drug-likeness (QED) is 0.487. The van der Waals surface area contributed by atoms with Crippen molar-refractivity contribution in [3.8, 4) is 0 Å². The van der Waals surface area contributed by atoms with Gasteiger partial charge in [-0.25, -0.2) is 4.39 Å². The number of carbonyl (C=O) groups is 2. The number of hydrogen-bond donors (Lipinski definition) is 1. The summed E-state index contributed by atoms with van der Waals surface area (Å²) in [6.07, 6.45) is 1.84. The van der Waals surface area contributed by atoms with Crippen molar-refractivity contribution in [3.63, 3.8) is 0 Å². The van der Waals surface area contributed by atoms with Crippen molar-refractivity contribution in [2.75, 3.05) is 12.3 Å². The van der Waals surface area contributed by atoms with E-state index in [-0.39, 0.29) is 29.9 Å². The summed E-state index contributed by atoms with van der Waals surface area (Å²) in [6.45, 7) is 4.34. The van der Waals surface area contributed by atoms with E-state index < -0.39 is 6.04 Å². The van der Waals surface area contributed by atoms with E-state index in [2.05, 4.69) is 5.32 Å². The highest BCUT2D eigenvalue weighted by Gasteiger charge is 2.26. The van der Waals surface area contributed by atoms with Gasteiger partial charge in [0, 0.05) is 29.4 Å². The minimum Gasteiger partial charge on any atom is -0.354 e. The van der Waals surface area contributed by atoms with Gasteiger partial charge in [0.15, 0.2) is 0 Å². The van der Waals surface area contributed by atoms with Crippen molar-refractivity contribution in [2.24, 2.45) is 0 Å². The minimum atomic E-state index is -0.690. The van der Waals surface area contributed by atoms with Gasteiger partial charge in [0.05, 0.1) is 5.75 Å².